The van der Waals surface area contributed by atoms with Gasteiger partial charge in [-0.1, -0.05) is 30.3 Å². The van der Waals surface area contributed by atoms with Gasteiger partial charge in [0.25, 0.3) is 5.91 Å². The molecule has 0 aliphatic rings. The van der Waals surface area contributed by atoms with E-state index in [2.05, 4.69) is 10.4 Å². The van der Waals surface area contributed by atoms with Gasteiger partial charge in [-0.15, -0.1) is 11.3 Å². The van der Waals surface area contributed by atoms with Crippen LogP contribution in [0.2, 0.25) is 0 Å². The first-order valence-corrected chi connectivity index (χ1v) is 9.99. The van der Waals surface area contributed by atoms with Gasteiger partial charge in [-0.3, -0.25) is 9.48 Å². The van der Waals surface area contributed by atoms with Gasteiger partial charge >= 0.3 is 5.97 Å². The average Bonchev–Trinajstić information content (AvgIpc) is 3.16. The molecule has 6 nitrogen and oxygen atoms in total. The van der Waals surface area contributed by atoms with Crippen LogP contribution in [0.4, 0.5) is 0 Å². The zero-order chi connectivity index (χ0) is 20.5. The Hall–Kier alpha value is -2.67. The number of hydrogen-bond donors (Lipinski definition) is 1. The molecule has 7 heteroatoms. The molecule has 1 N–H and O–H groups in total. The smallest absolute Gasteiger partial charge is 0.349 e. The number of thiophene rings is 1. The maximum atomic E-state index is 12.6. The van der Waals surface area contributed by atoms with E-state index < -0.39 is 12.1 Å². The number of ether oxygens (including phenoxy) is 1. The van der Waals surface area contributed by atoms with Crippen LogP contribution in [-0.2, 0) is 16.1 Å². The summed E-state index contributed by atoms with van der Waals surface area (Å²) in [5.74, 6) is -0.809. The van der Waals surface area contributed by atoms with Crippen LogP contribution in [0.1, 0.15) is 48.6 Å². The Morgan fingerprint density at radius 1 is 1.25 bits per heavy atom. The Kier molecular flexibility index (Phi) is 5.56. The van der Waals surface area contributed by atoms with Gasteiger partial charge in [0, 0.05) is 10.9 Å². The van der Waals surface area contributed by atoms with E-state index in [1.165, 1.54) is 11.3 Å². The highest BCUT2D eigenvalue weighted by molar-refractivity contribution is 7.20. The van der Waals surface area contributed by atoms with Crippen molar-refractivity contribution in [1.82, 2.24) is 15.1 Å². The quantitative estimate of drug-likeness (QED) is 0.660. The van der Waals surface area contributed by atoms with E-state index in [0.29, 0.717) is 11.4 Å². The van der Waals surface area contributed by atoms with Crippen molar-refractivity contribution < 1.29 is 14.3 Å². The number of fused-ring (bicyclic) bond motifs is 1. The molecule has 1 atom stereocenters. The van der Waals surface area contributed by atoms with Crippen molar-refractivity contribution in [1.29, 1.82) is 0 Å². The molecule has 3 aromatic rings. The molecule has 0 spiro atoms. The van der Waals surface area contributed by atoms with Gasteiger partial charge in [-0.25, -0.2) is 4.79 Å². The van der Waals surface area contributed by atoms with Crippen LogP contribution in [0, 0.1) is 6.92 Å². The van der Waals surface area contributed by atoms with Crippen LogP contribution >= 0.6 is 11.3 Å². The van der Waals surface area contributed by atoms with Crippen LogP contribution in [-0.4, -0.2) is 33.3 Å². The van der Waals surface area contributed by atoms with Crippen LogP contribution in [0.3, 0.4) is 0 Å². The summed E-state index contributed by atoms with van der Waals surface area (Å²) < 4.78 is 7.27. The SMILES string of the molecule is Cc1nn(Cc2ccccc2)c2sc(C(=O)O[C@@H](C)C(=O)NC(C)(C)C)cc12. The predicted octanol–water partition coefficient (Wildman–Crippen LogP) is 3.91. The number of hydrogen-bond acceptors (Lipinski definition) is 5. The fraction of sp³-hybridized carbons (Fsp3) is 0.381. The molecule has 0 fully saturated rings. The summed E-state index contributed by atoms with van der Waals surface area (Å²) in [6, 6.07) is 11.8. The first kappa shape index (κ1) is 20.1. The van der Waals surface area contributed by atoms with E-state index in [9.17, 15) is 9.59 Å². The Morgan fingerprint density at radius 2 is 1.93 bits per heavy atom. The number of benzene rings is 1. The van der Waals surface area contributed by atoms with Gasteiger partial charge in [-0.2, -0.15) is 5.10 Å². The molecule has 2 aromatic heterocycles. The fourth-order valence-electron chi connectivity index (χ4n) is 2.82. The summed E-state index contributed by atoms with van der Waals surface area (Å²) in [5.41, 5.74) is 1.62. The Morgan fingerprint density at radius 3 is 2.57 bits per heavy atom. The summed E-state index contributed by atoms with van der Waals surface area (Å²) in [4.78, 5) is 26.1. The number of rotatable bonds is 5. The molecule has 1 amide bonds. The zero-order valence-corrected chi connectivity index (χ0v) is 17.6. The lowest BCUT2D eigenvalue weighted by atomic mass is 10.1. The van der Waals surface area contributed by atoms with Crippen molar-refractivity contribution in [2.75, 3.05) is 0 Å². The zero-order valence-electron chi connectivity index (χ0n) is 16.8. The first-order chi connectivity index (χ1) is 13.1. The third kappa shape index (κ3) is 4.59. The number of carbonyl (C=O) groups is 2. The van der Waals surface area contributed by atoms with Crippen molar-refractivity contribution in [3.8, 4) is 0 Å². The molecule has 0 aliphatic carbocycles. The lowest BCUT2D eigenvalue weighted by Crippen LogP contribution is -2.46. The number of nitrogens with zero attached hydrogens (tertiary/aromatic N) is 2. The van der Waals surface area contributed by atoms with Crippen molar-refractivity contribution in [2.24, 2.45) is 0 Å². The molecule has 148 valence electrons. The number of aryl methyl sites for hydroxylation is 1. The molecular weight excluding hydrogens is 374 g/mol. The van der Waals surface area contributed by atoms with E-state index >= 15 is 0 Å². The van der Waals surface area contributed by atoms with Crippen molar-refractivity contribution >= 4 is 33.4 Å². The maximum Gasteiger partial charge on any atom is 0.349 e. The molecule has 3 rings (SSSR count). The molecule has 0 saturated heterocycles. The number of aromatic nitrogens is 2. The van der Waals surface area contributed by atoms with Gasteiger partial charge in [-0.05, 0) is 46.2 Å². The van der Waals surface area contributed by atoms with E-state index in [-0.39, 0.29) is 11.4 Å². The summed E-state index contributed by atoms with van der Waals surface area (Å²) >= 11 is 1.33. The fourth-order valence-corrected chi connectivity index (χ4v) is 3.86. The predicted molar refractivity (Wildman–Crippen MR) is 111 cm³/mol. The second kappa shape index (κ2) is 7.75. The molecule has 28 heavy (non-hydrogen) atoms. The normalized spacial score (nSPS) is 12.8. The summed E-state index contributed by atoms with van der Waals surface area (Å²) in [5, 5.41) is 8.33. The van der Waals surface area contributed by atoms with E-state index in [0.717, 1.165) is 21.5 Å². The van der Waals surface area contributed by atoms with Gasteiger partial charge in [0.05, 0.1) is 12.2 Å². The highest BCUT2D eigenvalue weighted by atomic mass is 32.1. The van der Waals surface area contributed by atoms with Crippen LogP contribution < -0.4 is 5.32 Å². The van der Waals surface area contributed by atoms with Gasteiger partial charge in [0.2, 0.25) is 0 Å². The van der Waals surface area contributed by atoms with Crippen LogP contribution in [0.15, 0.2) is 36.4 Å². The standard InChI is InChI=1S/C21H25N3O3S/c1-13-16-11-17(20(26)27-14(2)18(25)22-21(3,4)5)28-19(16)24(23-13)12-15-9-7-6-8-10-15/h6-11,14H,12H2,1-5H3,(H,22,25)/t14-/m0/s1. The third-order valence-electron chi connectivity index (χ3n) is 4.13. The minimum atomic E-state index is -0.862. The average molecular weight is 400 g/mol. The highest BCUT2D eigenvalue weighted by Crippen LogP contribution is 2.29. The number of amides is 1. The molecule has 0 aliphatic heterocycles. The monoisotopic (exact) mass is 399 g/mol. The molecule has 1 aromatic carbocycles. The number of esters is 1. The minimum absolute atomic E-state index is 0.312. The van der Waals surface area contributed by atoms with Gasteiger partial charge in [0.15, 0.2) is 6.10 Å². The van der Waals surface area contributed by atoms with Crippen molar-refractivity contribution in [2.45, 2.75) is 52.8 Å². The van der Waals surface area contributed by atoms with E-state index in [1.54, 1.807) is 13.0 Å². The third-order valence-corrected chi connectivity index (χ3v) is 5.26. The number of carbonyl (C=O) groups excluding carboxylic acids is 2. The van der Waals surface area contributed by atoms with Crippen LogP contribution in [0.25, 0.3) is 10.2 Å². The molecule has 0 saturated carbocycles. The van der Waals surface area contributed by atoms with E-state index in [1.807, 2.05) is 62.7 Å². The topological polar surface area (TPSA) is 73.2 Å². The maximum absolute atomic E-state index is 12.6. The van der Waals surface area contributed by atoms with Crippen molar-refractivity contribution in [3.63, 3.8) is 0 Å². The first-order valence-electron chi connectivity index (χ1n) is 9.18. The Bertz CT molecular complexity index is 999. The molecular formula is C21H25N3O3S. The largest absolute Gasteiger partial charge is 0.448 e. The Labute approximate surface area is 168 Å². The molecule has 2 heterocycles. The van der Waals surface area contributed by atoms with Crippen LogP contribution in [0.5, 0.6) is 0 Å². The van der Waals surface area contributed by atoms with Crippen molar-refractivity contribution in [3.05, 3.63) is 52.5 Å². The second-order valence-electron chi connectivity index (χ2n) is 7.84. The lowest BCUT2D eigenvalue weighted by molar-refractivity contribution is -0.130. The summed E-state index contributed by atoms with van der Waals surface area (Å²) in [7, 11) is 0. The Balaban J connectivity index is 1.77. The molecule has 0 unspecified atom stereocenters. The summed E-state index contributed by atoms with van der Waals surface area (Å²) in [6.07, 6.45) is -0.862. The molecule has 0 bridgehead atoms. The lowest BCUT2D eigenvalue weighted by Gasteiger charge is -2.23. The van der Waals surface area contributed by atoms with Gasteiger partial charge in [0.1, 0.15) is 9.71 Å². The number of nitrogens with one attached hydrogen (secondary N) is 1. The van der Waals surface area contributed by atoms with E-state index in [4.69, 9.17) is 4.74 Å². The molecule has 0 radical (unpaired) electrons. The summed E-state index contributed by atoms with van der Waals surface area (Å²) in [6.45, 7) is 9.77. The second-order valence-corrected chi connectivity index (χ2v) is 8.88. The highest BCUT2D eigenvalue weighted by Gasteiger charge is 2.24. The minimum Gasteiger partial charge on any atom is -0.448 e. The van der Waals surface area contributed by atoms with Gasteiger partial charge < -0.3 is 10.1 Å².